The van der Waals surface area contributed by atoms with Crippen LogP contribution in [0.1, 0.15) is 40.0 Å². The van der Waals surface area contributed by atoms with Crippen molar-refractivity contribution in [2.24, 2.45) is 16.3 Å². The second-order valence-electron chi connectivity index (χ2n) is 7.53. The fourth-order valence-corrected chi connectivity index (χ4v) is 3.38. The lowest BCUT2D eigenvalue weighted by Gasteiger charge is -2.37. The van der Waals surface area contributed by atoms with Crippen LogP contribution in [0.4, 0.5) is 0 Å². The van der Waals surface area contributed by atoms with Crippen molar-refractivity contribution in [1.29, 1.82) is 0 Å². The molecule has 5 nitrogen and oxygen atoms in total. The summed E-state index contributed by atoms with van der Waals surface area (Å²) in [6.07, 6.45) is 3.82. The van der Waals surface area contributed by atoms with Gasteiger partial charge < -0.3 is 15.0 Å². The molecule has 1 aliphatic carbocycles. The third kappa shape index (κ3) is 7.04. The second kappa shape index (κ2) is 10.8. The van der Waals surface area contributed by atoms with Crippen molar-refractivity contribution in [3.63, 3.8) is 0 Å². The van der Waals surface area contributed by atoms with E-state index in [-0.39, 0.29) is 24.0 Å². The van der Waals surface area contributed by atoms with E-state index in [1.54, 1.807) is 0 Å². The highest BCUT2D eigenvalue weighted by molar-refractivity contribution is 14.0. The molecule has 0 aromatic carbocycles. The first-order valence-corrected chi connectivity index (χ1v) is 9.34. The van der Waals surface area contributed by atoms with E-state index in [1.165, 1.54) is 25.8 Å². The third-order valence-corrected chi connectivity index (χ3v) is 5.07. The van der Waals surface area contributed by atoms with Crippen LogP contribution in [0.2, 0.25) is 0 Å². The Labute approximate surface area is 165 Å². The van der Waals surface area contributed by atoms with Gasteiger partial charge in [0.1, 0.15) is 0 Å². The molecule has 2 rings (SSSR count). The molecule has 0 aromatic rings. The van der Waals surface area contributed by atoms with Crippen molar-refractivity contribution in [3.8, 4) is 0 Å². The Morgan fingerprint density at radius 2 is 1.88 bits per heavy atom. The first kappa shape index (κ1) is 22.0. The normalized spacial score (nSPS) is 20.9. The Morgan fingerprint density at radius 3 is 2.38 bits per heavy atom. The fraction of sp³-hybridized carbons (Fsp3) is 0.944. The number of nitrogens with one attached hydrogen (secondary N) is 1. The maximum atomic E-state index is 5.53. The molecule has 0 aromatic heterocycles. The van der Waals surface area contributed by atoms with Crippen molar-refractivity contribution in [2.75, 3.05) is 59.5 Å². The van der Waals surface area contributed by atoms with Gasteiger partial charge in [-0.25, -0.2) is 0 Å². The summed E-state index contributed by atoms with van der Waals surface area (Å²) in [5.41, 5.74) is 0.463. The van der Waals surface area contributed by atoms with Crippen LogP contribution in [-0.2, 0) is 4.74 Å². The molecule has 24 heavy (non-hydrogen) atoms. The molecule has 1 N–H and O–H groups in total. The van der Waals surface area contributed by atoms with E-state index in [2.05, 4.69) is 40.9 Å². The summed E-state index contributed by atoms with van der Waals surface area (Å²) in [6, 6.07) is 0. The average molecular weight is 452 g/mol. The highest BCUT2D eigenvalue weighted by atomic mass is 127. The number of guanidine groups is 1. The van der Waals surface area contributed by atoms with Gasteiger partial charge in [0.05, 0.1) is 0 Å². The van der Waals surface area contributed by atoms with Crippen molar-refractivity contribution in [3.05, 3.63) is 0 Å². The number of piperazine rings is 1. The highest BCUT2D eigenvalue weighted by Crippen LogP contribution is 2.48. The lowest BCUT2D eigenvalue weighted by atomic mass is 10.0. The first-order chi connectivity index (χ1) is 11.1. The maximum absolute atomic E-state index is 5.53. The molecule has 1 heterocycles. The quantitative estimate of drug-likeness (QED) is 0.266. The molecule has 0 unspecified atom stereocenters. The molecule has 0 bridgehead atoms. The number of nitrogens with zero attached hydrogens (tertiary/aromatic N) is 3. The van der Waals surface area contributed by atoms with Crippen LogP contribution < -0.4 is 5.32 Å². The van der Waals surface area contributed by atoms with Gasteiger partial charge in [0.15, 0.2) is 5.96 Å². The van der Waals surface area contributed by atoms with Gasteiger partial charge in [-0.3, -0.25) is 9.89 Å². The van der Waals surface area contributed by atoms with E-state index in [0.717, 1.165) is 57.8 Å². The lowest BCUT2D eigenvalue weighted by Crippen LogP contribution is -2.53. The molecule has 0 radical (unpaired) electrons. The van der Waals surface area contributed by atoms with Gasteiger partial charge in [0.2, 0.25) is 0 Å². The minimum Gasteiger partial charge on any atom is -0.382 e. The van der Waals surface area contributed by atoms with Crippen molar-refractivity contribution >= 4 is 29.9 Å². The standard InChI is InChI=1S/C18H36N4O.HI/c1-5-23-13-8-18(6-7-18)15-20-17(19-4)22-11-9-21(10-12-22)14-16(2)3;/h16H,5-15H2,1-4H3,(H,19,20);1H. The molecule has 142 valence electrons. The van der Waals surface area contributed by atoms with Crippen LogP contribution in [0.3, 0.4) is 0 Å². The van der Waals surface area contributed by atoms with Gasteiger partial charge in [-0.15, -0.1) is 24.0 Å². The van der Waals surface area contributed by atoms with Crippen molar-refractivity contribution in [2.45, 2.75) is 40.0 Å². The number of hydrogen-bond acceptors (Lipinski definition) is 3. The van der Waals surface area contributed by atoms with E-state index in [4.69, 9.17) is 4.74 Å². The van der Waals surface area contributed by atoms with Crippen LogP contribution in [0.5, 0.6) is 0 Å². The van der Waals surface area contributed by atoms with E-state index in [0.29, 0.717) is 5.41 Å². The molecule has 1 saturated heterocycles. The Bertz CT molecular complexity index is 377. The molecule has 0 atom stereocenters. The Hall–Kier alpha value is -0.0800. The van der Waals surface area contributed by atoms with Crippen LogP contribution >= 0.6 is 24.0 Å². The summed E-state index contributed by atoms with van der Waals surface area (Å²) >= 11 is 0. The summed E-state index contributed by atoms with van der Waals surface area (Å²) in [5.74, 6) is 1.83. The SMILES string of the molecule is CCOCCC1(CNC(=NC)N2CCN(CC(C)C)CC2)CC1.I. The summed E-state index contributed by atoms with van der Waals surface area (Å²) in [4.78, 5) is 9.49. The number of hydrogen-bond donors (Lipinski definition) is 1. The predicted octanol–water partition coefficient (Wildman–Crippen LogP) is 2.66. The van der Waals surface area contributed by atoms with E-state index in [1.807, 2.05) is 7.05 Å². The molecule has 0 spiro atoms. The molecule has 0 amide bonds. The Balaban J connectivity index is 0.00000288. The third-order valence-electron chi connectivity index (χ3n) is 5.07. The Morgan fingerprint density at radius 1 is 1.21 bits per heavy atom. The molecular weight excluding hydrogens is 415 g/mol. The van der Waals surface area contributed by atoms with Crippen LogP contribution in [0, 0.1) is 11.3 Å². The first-order valence-electron chi connectivity index (χ1n) is 9.34. The number of rotatable bonds is 8. The van der Waals surface area contributed by atoms with Crippen LogP contribution in [-0.4, -0.2) is 75.3 Å². The predicted molar refractivity (Wildman–Crippen MR) is 112 cm³/mol. The zero-order valence-corrected chi connectivity index (χ0v) is 18.3. The molecule has 2 fully saturated rings. The van der Waals surface area contributed by atoms with Gasteiger partial charge in [-0.1, -0.05) is 13.8 Å². The van der Waals surface area contributed by atoms with Gasteiger partial charge in [-0.2, -0.15) is 0 Å². The number of halogens is 1. The minimum atomic E-state index is 0. The highest BCUT2D eigenvalue weighted by Gasteiger charge is 2.42. The zero-order valence-electron chi connectivity index (χ0n) is 16.0. The Kier molecular flexibility index (Phi) is 9.89. The van der Waals surface area contributed by atoms with E-state index < -0.39 is 0 Å². The summed E-state index contributed by atoms with van der Waals surface area (Å²) in [5, 5.41) is 3.63. The monoisotopic (exact) mass is 452 g/mol. The largest absolute Gasteiger partial charge is 0.382 e. The number of ether oxygens (including phenoxy) is 1. The molecule has 1 saturated carbocycles. The van der Waals surface area contributed by atoms with Crippen molar-refractivity contribution < 1.29 is 4.74 Å². The number of aliphatic imine (C=N–C) groups is 1. The molecule has 1 aliphatic heterocycles. The molecular formula is C18H37IN4O. The van der Waals surface area contributed by atoms with Gasteiger partial charge in [-0.05, 0) is 37.5 Å². The summed E-state index contributed by atoms with van der Waals surface area (Å²) < 4.78 is 5.53. The maximum Gasteiger partial charge on any atom is 0.193 e. The average Bonchev–Trinajstić information content (AvgIpc) is 3.29. The van der Waals surface area contributed by atoms with Crippen LogP contribution in [0.15, 0.2) is 4.99 Å². The zero-order chi connectivity index (χ0) is 16.7. The second-order valence-corrected chi connectivity index (χ2v) is 7.53. The minimum absolute atomic E-state index is 0. The molecule has 2 aliphatic rings. The lowest BCUT2D eigenvalue weighted by molar-refractivity contribution is 0.128. The van der Waals surface area contributed by atoms with Crippen LogP contribution in [0.25, 0.3) is 0 Å². The topological polar surface area (TPSA) is 40.1 Å². The molecule has 6 heteroatoms. The smallest absolute Gasteiger partial charge is 0.193 e. The van der Waals surface area contributed by atoms with E-state index >= 15 is 0 Å². The van der Waals surface area contributed by atoms with Gasteiger partial charge in [0.25, 0.3) is 0 Å². The summed E-state index contributed by atoms with van der Waals surface area (Å²) in [7, 11) is 1.91. The fourth-order valence-electron chi connectivity index (χ4n) is 3.38. The van der Waals surface area contributed by atoms with Gasteiger partial charge >= 0.3 is 0 Å². The van der Waals surface area contributed by atoms with Gasteiger partial charge in [0, 0.05) is 59.5 Å². The van der Waals surface area contributed by atoms with E-state index in [9.17, 15) is 0 Å². The van der Waals surface area contributed by atoms with Crippen molar-refractivity contribution in [1.82, 2.24) is 15.1 Å². The summed E-state index contributed by atoms with van der Waals surface area (Å²) in [6.45, 7) is 15.1.